The average molecular weight is 142 g/mol. The third-order valence-corrected chi connectivity index (χ3v) is 1.58. The summed E-state index contributed by atoms with van der Waals surface area (Å²) >= 11 is 0. The van der Waals surface area contributed by atoms with E-state index in [0.29, 0.717) is 0 Å². The smallest absolute Gasteiger partial charge is 0.222 e. The van der Waals surface area contributed by atoms with Crippen LogP contribution in [0.25, 0.3) is 0 Å². The highest BCUT2D eigenvalue weighted by Crippen LogP contribution is 2.06. The van der Waals surface area contributed by atoms with Crippen molar-refractivity contribution < 1.29 is 4.79 Å². The van der Waals surface area contributed by atoms with E-state index >= 15 is 0 Å². The summed E-state index contributed by atoms with van der Waals surface area (Å²) < 4.78 is 0. The standard InChI is InChI=1S/C8H16NO/c1-4-5-6-7(2)8(10)9-3/h7H,1,4-6H2,2-3H3,(H,9,10). The zero-order chi connectivity index (χ0) is 7.98. The fourth-order valence-electron chi connectivity index (χ4n) is 0.828. The molecule has 59 valence electrons. The average Bonchev–Trinajstić information content (AvgIpc) is 1.98. The largest absolute Gasteiger partial charge is 0.359 e. The van der Waals surface area contributed by atoms with E-state index in [9.17, 15) is 4.79 Å². The summed E-state index contributed by atoms with van der Waals surface area (Å²) in [7, 11) is 1.67. The molecule has 1 unspecified atom stereocenters. The molecule has 0 aromatic heterocycles. The minimum atomic E-state index is 0.133. The number of amides is 1. The Balaban J connectivity index is 3.41. The van der Waals surface area contributed by atoms with Crippen LogP contribution in [0.15, 0.2) is 0 Å². The van der Waals surface area contributed by atoms with E-state index in [1.54, 1.807) is 7.05 Å². The number of rotatable bonds is 4. The first-order valence-electron chi connectivity index (χ1n) is 3.73. The molecule has 2 heteroatoms. The number of hydrogen-bond donors (Lipinski definition) is 1. The number of carbonyl (C=O) groups excluding carboxylic acids is 1. The summed E-state index contributed by atoms with van der Waals surface area (Å²) in [6.07, 6.45) is 2.90. The van der Waals surface area contributed by atoms with Crippen molar-refractivity contribution in [3.8, 4) is 0 Å². The van der Waals surface area contributed by atoms with Crippen molar-refractivity contribution in [2.24, 2.45) is 5.92 Å². The van der Waals surface area contributed by atoms with Crippen molar-refractivity contribution in [3.63, 3.8) is 0 Å². The van der Waals surface area contributed by atoms with Crippen LogP contribution in [-0.4, -0.2) is 13.0 Å². The molecular weight excluding hydrogens is 126 g/mol. The van der Waals surface area contributed by atoms with Crippen molar-refractivity contribution in [1.82, 2.24) is 5.32 Å². The Hall–Kier alpha value is -0.530. The molecule has 1 radical (unpaired) electrons. The van der Waals surface area contributed by atoms with Gasteiger partial charge < -0.3 is 5.32 Å². The molecule has 0 saturated heterocycles. The number of hydrogen-bond acceptors (Lipinski definition) is 1. The Kier molecular flexibility index (Phi) is 4.99. The van der Waals surface area contributed by atoms with Gasteiger partial charge in [-0.15, -0.1) is 0 Å². The lowest BCUT2D eigenvalue weighted by atomic mass is 10.0. The van der Waals surface area contributed by atoms with Gasteiger partial charge in [-0.25, -0.2) is 0 Å². The first kappa shape index (κ1) is 9.47. The van der Waals surface area contributed by atoms with E-state index in [-0.39, 0.29) is 11.8 Å². The van der Waals surface area contributed by atoms with Gasteiger partial charge in [-0.1, -0.05) is 26.7 Å². The van der Waals surface area contributed by atoms with Crippen LogP contribution in [0.3, 0.4) is 0 Å². The van der Waals surface area contributed by atoms with Crippen LogP contribution in [0.2, 0.25) is 0 Å². The van der Waals surface area contributed by atoms with Crippen LogP contribution in [0, 0.1) is 12.8 Å². The van der Waals surface area contributed by atoms with Crippen molar-refractivity contribution >= 4 is 5.91 Å². The van der Waals surface area contributed by atoms with E-state index in [0.717, 1.165) is 19.3 Å². The molecule has 0 heterocycles. The van der Waals surface area contributed by atoms with Crippen molar-refractivity contribution in [1.29, 1.82) is 0 Å². The highest BCUT2D eigenvalue weighted by atomic mass is 16.1. The summed E-state index contributed by atoms with van der Waals surface area (Å²) in [6, 6.07) is 0. The third-order valence-electron chi connectivity index (χ3n) is 1.58. The van der Waals surface area contributed by atoms with E-state index < -0.39 is 0 Å². The van der Waals surface area contributed by atoms with Crippen molar-refractivity contribution in [2.75, 3.05) is 7.05 Å². The van der Waals surface area contributed by atoms with Gasteiger partial charge in [0.05, 0.1) is 0 Å². The zero-order valence-corrected chi connectivity index (χ0v) is 6.81. The highest BCUT2D eigenvalue weighted by molar-refractivity contribution is 5.77. The highest BCUT2D eigenvalue weighted by Gasteiger charge is 2.08. The topological polar surface area (TPSA) is 29.1 Å². The maximum atomic E-state index is 10.9. The Morgan fingerprint density at radius 2 is 2.30 bits per heavy atom. The molecule has 1 amide bonds. The Morgan fingerprint density at radius 1 is 1.70 bits per heavy atom. The molecule has 0 aliphatic rings. The normalized spacial score (nSPS) is 12.7. The summed E-state index contributed by atoms with van der Waals surface area (Å²) in [5.74, 6) is 0.278. The van der Waals surface area contributed by atoms with Crippen LogP contribution in [-0.2, 0) is 4.79 Å². The van der Waals surface area contributed by atoms with Crippen LogP contribution < -0.4 is 5.32 Å². The van der Waals surface area contributed by atoms with Gasteiger partial charge in [-0.3, -0.25) is 4.79 Å². The first-order valence-corrected chi connectivity index (χ1v) is 3.73. The molecule has 0 spiro atoms. The minimum absolute atomic E-state index is 0.133. The molecule has 1 atom stereocenters. The molecule has 0 aromatic carbocycles. The predicted octanol–water partition coefficient (Wildman–Crippen LogP) is 1.37. The summed E-state index contributed by atoms with van der Waals surface area (Å²) in [6.45, 7) is 5.65. The molecule has 0 aliphatic carbocycles. The van der Waals surface area contributed by atoms with Crippen molar-refractivity contribution in [3.05, 3.63) is 6.92 Å². The van der Waals surface area contributed by atoms with E-state index in [4.69, 9.17) is 0 Å². The number of carbonyl (C=O) groups is 1. The second-order valence-electron chi connectivity index (χ2n) is 2.51. The molecular formula is C8H16NO. The maximum Gasteiger partial charge on any atom is 0.222 e. The molecule has 0 aromatic rings. The lowest BCUT2D eigenvalue weighted by Gasteiger charge is -2.07. The Morgan fingerprint density at radius 3 is 2.70 bits per heavy atom. The van der Waals surface area contributed by atoms with Gasteiger partial charge in [0.2, 0.25) is 5.91 Å². The summed E-state index contributed by atoms with van der Waals surface area (Å²) in [5, 5.41) is 2.61. The first-order chi connectivity index (χ1) is 4.72. The molecule has 10 heavy (non-hydrogen) atoms. The molecule has 0 aliphatic heterocycles. The Labute approximate surface area is 63.0 Å². The van der Waals surface area contributed by atoms with Crippen LogP contribution in [0.5, 0.6) is 0 Å². The molecule has 2 nitrogen and oxygen atoms in total. The maximum absolute atomic E-state index is 10.9. The SMILES string of the molecule is [CH2]CCCC(C)C(=O)NC. The van der Waals surface area contributed by atoms with E-state index in [1.165, 1.54) is 0 Å². The summed E-state index contributed by atoms with van der Waals surface area (Å²) in [5.41, 5.74) is 0. The van der Waals surface area contributed by atoms with Gasteiger partial charge in [0, 0.05) is 13.0 Å². The van der Waals surface area contributed by atoms with Gasteiger partial charge >= 0.3 is 0 Å². The van der Waals surface area contributed by atoms with Gasteiger partial charge in [0.1, 0.15) is 0 Å². The van der Waals surface area contributed by atoms with Gasteiger partial charge in [-0.2, -0.15) is 0 Å². The molecule has 0 bridgehead atoms. The second kappa shape index (κ2) is 5.27. The molecule has 0 fully saturated rings. The third kappa shape index (κ3) is 3.49. The second-order valence-corrected chi connectivity index (χ2v) is 2.51. The fourth-order valence-corrected chi connectivity index (χ4v) is 0.828. The number of unbranched alkanes of at least 4 members (excludes halogenated alkanes) is 1. The molecule has 0 rings (SSSR count). The van der Waals surface area contributed by atoms with E-state index in [1.807, 2.05) is 6.92 Å². The fraction of sp³-hybridized carbons (Fsp3) is 0.750. The zero-order valence-electron chi connectivity index (χ0n) is 6.81. The predicted molar refractivity (Wildman–Crippen MR) is 42.4 cm³/mol. The van der Waals surface area contributed by atoms with Gasteiger partial charge in [-0.05, 0) is 6.42 Å². The van der Waals surface area contributed by atoms with Crippen LogP contribution in [0.1, 0.15) is 26.2 Å². The minimum Gasteiger partial charge on any atom is -0.359 e. The van der Waals surface area contributed by atoms with Crippen LogP contribution in [0.4, 0.5) is 0 Å². The molecule has 0 saturated carbocycles. The molecule has 1 N–H and O–H groups in total. The lowest BCUT2D eigenvalue weighted by Crippen LogP contribution is -2.25. The van der Waals surface area contributed by atoms with Crippen LogP contribution >= 0.6 is 0 Å². The van der Waals surface area contributed by atoms with Gasteiger partial charge in [0.25, 0.3) is 0 Å². The van der Waals surface area contributed by atoms with Gasteiger partial charge in [0.15, 0.2) is 0 Å². The van der Waals surface area contributed by atoms with Crippen molar-refractivity contribution in [2.45, 2.75) is 26.2 Å². The lowest BCUT2D eigenvalue weighted by molar-refractivity contribution is -0.124. The Bertz CT molecular complexity index is 101. The monoisotopic (exact) mass is 142 g/mol. The van der Waals surface area contributed by atoms with E-state index in [2.05, 4.69) is 12.2 Å². The number of nitrogens with one attached hydrogen (secondary N) is 1. The quantitative estimate of drug-likeness (QED) is 0.631. The summed E-state index contributed by atoms with van der Waals surface area (Å²) in [4.78, 5) is 10.9.